The predicted molar refractivity (Wildman–Crippen MR) is 165 cm³/mol. The molecule has 5 atom stereocenters. The van der Waals surface area contributed by atoms with Crippen molar-refractivity contribution in [3.63, 3.8) is 0 Å². The molecular weight excluding hydrogens is 526 g/mol. The maximum Gasteiger partial charge on any atom is 0.222 e. The summed E-state index contributed by atoms with van der Waals surface area (Å²) in [4.78, 5) is 28.3. The lowest BCUT2D eigenvalue weighted by molar-refractivity contribution is -0.130. The number of methoxy groups -OCH3 is 2. The number of likely N-dealkylation sites (N-methyl/N-ethyl adjacent to an activating group) is 1. The topological polar surface area (TPSA) is 76.1 Å². The molecule has 2 fully saturated rings. The number of rotatable bonds is 11. The summed E-state index contributed by atoms with van der Waals surface area (Å²) in [6.07, 6.45) is 9.70. The Kier molecular flexibility index (Phi) is 9.20. The third-order valence-electron chi connectivity index (χ3n) is 10.9. The normalized spacial score (nSPS) is 26.3. The molecule has 1 amide bonds. The molecule has 3 aliphatic carbocycles. The number of Topliss-reactive ketones (excluding diaryl/α,β-unsaturated/α-hetero) is 1. The molecule has 3 aliphatic rings. The first-order valence-corrected chi connectivity index (χ1v) is 16.0. The Bertz CT molecular complexity index is 1300. The largest absolute Gasteiger partial charge is 0.508 e. The number of aryl methyl sites for hydroxylation is 2. The molecule has 6 heteroatoms. The number of ketones is 1. The molecule has 2 aromatic carbocycles. The van der Waals surface area contributed by atoms with Gasteiger partial charge in [-0.2, -0.15) is 0 Å². The number of carbonyl (C=O) groups excluding carboxylic acids is 2. The van der Waals surface area contributed by atoms with E-state index in [1.807, 2.05) is 36.2 Å². The van der Waals surface area contributed by atoms with Gasteiger partial charge in [-0.1, -0.05) is 32.4 Å². The highest BCUT2D eigenvalue weighted by Gasteiger charge is 2.58. The Morgan fingerprint density at radius 1 is 1.10 bits per heavy atom. The van der Waals surface area contributed by atoms with Gasteiger partial charge in [0.1, 0.15) is 11.5 Å². The Morgan fingerprint density at radius 2 is 1.88 bits per heavy atom. The SMILES string of the molecule is CCCc1cc2c(cc1O)CCC1C2CC[C@]2(C)C(=O)CC(CCCC(=O)N(C)CCc3ccc(OC)c(OC)c3)C12. The third-order valence-corrected chi connectivity index (χ3v) is 10.9. The number of fused-ring (bicyclic) bond motifs is 5. The number of amides is 1. The van der Waals surface area contributed by atoms with Gasteiger partial charge in [0, 0.05) is 31.8 Å². The van der Waals surface area contributed by atoms with Crippen molar-refractivity contribution in [2.45, 2.75) is 90.4 Å². The number of benzene rings is 2. The smallest absolute Gasteiger partial charge is 0.222 e. The standard InChI is InChI=1S/C36H49NO5/c1-6-8-25-20-29-24(21-30(25)38)12-13-28-27(29)15-17-36(2)33(39)22-26(35(28)36)9-7-10-34(40)37(3)18-16-23-11-14-31(41-4)32(19-23)42-5/h11,14,19-21,26-28,35,38H,6-10,12-13,15-18,22H2,1-5H3/t26?,27?,28?,35?,36-/m1/s1. The van der Waals surface area contributed by atoms with E-state index in [0.29, 0.717) is 66.1 Å². The summed E-state index contributed by atoms with van der Waals surface area (Å²) >= 11 is 0. The molecule has 1 N–H and O–H groups in total. The van der Waals surface area contributed by atoms with E-state index < -0.39 is 0 Å². The molecule has 228 valence electrons. The second-order valence-electron chi connectivity index (χ2n) is 13.3. The molecule has 0 aromatic heterocycles. The molecule has 0 bridgehead atoms. The first kappa shape index (κ1) is 30.4. The number of aromatic hydroxyl groups is 1. The molecule has 4 unspecified atom stereocenters. The van der Waals surface area contributed by atoms with Gasteiger partial charge in [0.25, 0.3) is 0 Å². The zero-order valence-electron chi connectivity index (χ0n) is 26.2. The second-order valence-corrected chi connectivity index (χ2v) is 13.3. The summed E-state index contributed by atoms with van der Waals surface area (Å²) in [5, 5.41) is 10.6. The van der Waals surface area contributed by atoms with Gasteiger partial charge in [0.15, 0.2) is 11.5 Å². The molecule has 5 rings (SSSR count). The van der Waals surface area contributed by atoms with Gasteiger partial charge in [-0.25, -0.2) is 0 Å². The lowest BCUT2D eigenvalue weighted by atomic mass is 9.54. The summed E-state index contributed by atoms with van der Waals surface area (Å²) in [6.45, 7) is 5.04. The van der Waals surface area contributed by atoms with Crippen molar-refractivity contribution in [3.8, 4) is 17.2 Å². The van der Waals surface area contributed by atoms with Crippen LogP contribution in [0.25, 0.3) is 0 Å². The zero-order chi connectivity index (χ0) is 30.0. The van der Waals surface area contributed by atoms with Gasteiger partial charge in [-0.15, -0.1) is 0 Å². The van der Waals surface area contributed by atoms with Crippen LogP contribution in [0.3, 0.4) is 0 Å². The van der Waals surface area contributed by atoms with Crippen LogP contribution in [0.5, 0.6) is 17.2 Å². The minimum Gasteiger partial charge on any atom is -0.508 e. The maximum absolute atomic E-state index is 13.4. The van der Waals surface area contributed by atoms with Crippen molar-refractivity contribution in [2.24, 2.45) is 23.2 Å². The van der Waals surface area contributed by atoms with E-state index in [9.17, 15) is 14.7 Å². The van der Waals surface area contributed by atoms with Crippen molar-refractivity contribution in [1.29, 1.82) is 0 Å². The fraction of sp³-hybridized carbons (Fsp3) is 0.611. The van der Waals surface area contributed by atoms with E-state index in [1.165, 1.54) is 11.1 Å². The molecule has 0 heterocycles. The van der Waals surface area contributed by atoms with E-state index in [4.69, 9.17) is 9.47 Å². The minimum absolute atomic E-state index is 0.166. The van der Waals surface area contributed by atoms with Crippen LogP contribution in [0.15, 0.2) is 30.3 Å². The summed E-state index contributed by atoms with van der Waals surface area (Å²) < 4.78 is 10.7. The van der Waals surface area contributed by atoms with Crippen LogP contribution < -0.4 is 9.47 Å². The second kappa shape index (κ2) is 12.7. The summed E-state index contributed by atoms with van der Waals surface area (Å²) in [5.74, 6) is 4.18. The average molecular weight is 576 g/mol. The van der Waals surface area contributed by atoms with Crippen molar-refractivity contribution in [1.82, 2.24) is 4.90 Å². The number of hydrogen-bond donors (Lipinski definition) is 1. The Hall–Kier alpha value is -3.02. The average Bonchev–Trinajstić information content (AvgIpc) is 3.25. The summed E-state index contributed by atoms with van der Waals surface area (Å²) in [7, 11) is 5.14. The number of nitrogens with zero attached hydrogens (tertiary/aromatic N) is 1. The molecule has 42 heavy (non-hydrogen) atoms. The maximum atomic E-state index is 13.4. The number of phenolic OH excluding ortho intramolecular Hbond substituents is 1. The fourth-order valence-electron chi connectivity index (χ4n) is 8.61. The molecular formula is C36H49NO5. The van der Waals surface area contributed by atoms with Crippen molar-refractivity contribution < 1.29 is 24.2 Å². The molecule has 0 saturated heterocycles. The van der Waals surface area contributed by atoms with Gasteiger partial charge in [-0.3, -0.25) is 9.59 Å². The lowest BCUT2D eigenvalue weighted by Crippen LogP contribution is -2.44. The van der Waals surface area contributed by atoms with Crippen LogP contribution in [-0.4, -0.2) is 49.5 Å². The van der Waals surface area contributed by atoms with E-state index in [1.54, 1.807) is 14.2 Å². The Balaban J connectivity index is 1.20. The van der Waals surface area contributed by atoms with Crippen molar-refractivity contribution in [2.75, 3.05) is 27.8 Å². The molecule has 0 spiro atoms. The van der Waals surface area contributed by atoms with Crippen LogP contribution in [-0.2, 0) is 28.9 Å². The molecule has 2 aromatic rings. The van der Waals surface area contributed by atoms with Gasteiger partial charge < -0.3 is 19.5 Å². The fourth-order valence-corrected chi connectivity index (χ4v) is 8.61. The van der Waals surface area contributed by atoms with E-state index in [-0.39, 0.29) is 11.3 Å². The van der Waals surface area contributed by atoms with Crippen molar-refractivity contribution in [3.05, 3.63) is 52.6 Å². The molecule has 0 aliphatic heterocycles. The first-order chi connectivity index (χ1) is 20.2. The predicted octanol–water partition coefficient (Wildman–Crippen LogP) is 6.88. The van der Waals surface area contributed by atoms with Gasteiger partial charge in [-0.05, 0) is 115 Å². The third kappa shape index (κ3) is 5.78. The minimum atomic E-state index is -0.229. The number of ether oxygens (including phenoxy) is 2. The molecule has 2 saturated carbocycles. The van der Waals surface area contributed by atoms with Crippen LogP contribution >= 0.6 is 0 Å². The zero-order valence-corrected chi connectivity index (χ0v) is 26.2. The number of carbonyl (C=O) groups is 2. The summed E-state index contributed by atoms with van der Waals surface area (Å²) in [6, 6.07) is 10.2. The molecule has 0 radical (unpaired) electrons. The van der Waals surface area contributed by atoms with Crippen molar-refractivity contribution >= 4 is 11.7 Å². The number of phenols is 1. The van der Waals surface area contributed by atoms with Crippen LogP contribution in [0.4, 0.5) is 0 Å². The highest BCUT2D eigenvalue weighted by atomic mass is 16.5. The highest BCUT2D eigenvalue weighted by molar-refractivity contribution is 5.87. The highest BCUT2D eigenvalue weighted by Crippen LogP contribution is 2.62. The van der Waals surface area contributed by atoms with E-state index in [2.05, 4.69) is 19.9 Å². The van der Waals surface area contributed by atoms with E-state index >= 15 is 0 Å². The molecule has 6 nitrogen and oxygen atoms in total. The van der Waals surface area contributed by atoms with Gasteiger partial charge in [0.05, 0.1) is 14.2 Å². The van der Waals surface area contributed by atoms with Crippen LogP contribution in [0.2, 0.25) is 0 Å². The summed E-state index contributed by atoms with van der Waals surface area (Å²) in [5.41, 5.74) is 4.68. The van der Waals surface area contributed by atoms with Gasteiger partial charge in [0.2, 0.25) is 5.91 Å². The Labute approximate surface area is 251 Å². The monoisotopic (exact) mass is 575 g/mol. The number of hydrogen-bond acceptors (Lipinski definition) is 5. The first-order valence-electron chi connectivity index (χ1n) is 16.0. The Morgan fingerprint density at radius 3 is 2.62 bits per heavy atom. The van der Waals surface area contributed by atoms with Gasteiger partial charge >= 0.3 is 0 Å². The quantitative estimate of drug-likeness (QED) is 0.316. The lowest BCUT2D eigenvalue weighted by Gasteiger charge is -2.50. The van der Waals surface area contributed by atoms with Crippen LogP contribution in [0.1, 0.15) is 93.4 Å². The van der Waals surface area contributed by atoms with Crippen LogP contribution in [0, 0.1) is 23.2 Å². The van der Waals surface area contributed by atoms with E-state index in [0.717, 1.165) is 68.9 Å².